The highest BCUT2D eigenvalue weighted by molar-refractivity contribution is 5.95. The molecule has 80 valence electrons. The second-order valence-electron chi connectivity index (χ2n) is 3.80. The van der Waals surface area contributed by atoms with Crippen molar-refractivity contribution in [3.8, 4) is 0 Å². The van der Waals surface area contributed by atoms with Gasteiger partial charge in [0.15, 0.2) is 0 Å². The van der Waals surface area contributed by atoms with Crippen molar-refractivity contribution in [2.75, 3.05) is 18.4 Å². The molecule has 3 heteroatoms. The van der Waals surface area contributed by atoms with Crippen LogP contribution in [0.25, 0.3) is 0 Å². The molecule has 0 saturated heterocycles. The molecule has 15 heavy (non-hydrogen) atoms. The average Bonchev–Trinajstić information content (AvgIpc) is 2.72. The molecule has 0 aromatic heterocycles. The summed E-state index contributed by atoms with van der Waals surface area (Å²) in [6.07, 6.45) is 2.03. The summed E-state index contributed by atoms with van der Waals surface area (Å²) in [5, 5.41) is 6.14. The molecule has 1 aromatic carbocycles. The van der Waals surface area contributed by atoms with Gasteiger partial charge in [-0.15, -0.1) is 0 Å². The van der Waals surface area contributed by atoms with Gasteiger partial charge in [0, 0.05) is 24.3 Å². The van der Waals surface area contributed by atoms with E-state index < -0.39 is 0 Å². The molecular formula is C12H16N2O. The lowest BCUT2D eigenvalue weighted by molar-refractivity contribution is 0.0953. The van der Waals surface area contributed by atoms with Crippen molar-refractivity contribution in [3.05, 3.63) is 29.3 Å². The second-order valence-corrected chi connectivity index (χ2v) is 3.80. The smallest absolute Gasteiger partial charge is 0.251 e. The summed E-state index contributed by atoms with van der Waals surface area (Å²) in [6.45, 7) is 3.77. The first-order chi connectivity index (χ1) is 7.31. The summed E-state index contributed by atoms with van der Waals surface area (Å²) >= 11 is 0. The summed E-state index contributed by atoms with van der Waals surface area (Å²) < 4.78 is 0. The van der Waals surface area contributed by atoms with Crippen LogP contribution in [-0.2, 0) is 6.42 Å². The summed E-state index contributed by atoms with van der Waals surface area (Å²) in [4.78, 5) is 11.7. The van der Waals surface area contributed by atoms with Crippen LogP contribution in [0.3, 0.4) is 0 Å². The van der Waals surface area contributed by atoms with E-state index in [1.165, 1.54) is 5.56 Å². The number of benzene rings is 1. The minimum Gasteiger partial charge on any atom is -0.384 e. The predicted octanol–water partition coefficient (Wildman–Crippen LogP) is 1.79. The molecule has 1 amide bonds. The lowest BCUT2D eigenvalue weighted by Crippen LogP contribution is -2.23. The van der Waals surface area contributed by atoms with Gasteiger partial charge < -0.3 is 10.6 Å². The zero-order valence-corrected chi connectivity index (χ0v) is 8.97. The Morgan fingerprint density at radius 1 is 1.53 bits per heavy atom. The Labute approximate surface area is 89.9 Å². The predicted molar refractivity (Wildman–Crippen MR) is 61.3 cm³/mol. The molecule has 0 spiro atoms. The largest absolute Gasteiger partial charge is 0.384 e. The summed E-state index contributed by atoms with van der Waals surface area (Å²) in [7, 11) is 0. The number of rotatable bonds is 3. The number of fused-ring (bicyclic) bond motifs is 1. The van der Waals surface area contributed by atoms with Crippen molar-refractivity contribution in [1.82, 2.24) is 5.32 Å². The first-order valence-corrected chi connectivity index (χ1v) is 5.46. The maximum atomic E-state index is 11.7. The highest BCUT2D eigenvalue weighted by atomic mass is 16.1. The maximum Gasteiger partial charge on any atom is 0.251 e. The van der Waals surface area contributed by atoms with Crippen molar-refractivity contribution < 1.29 is 4.79 Å². The van der Waals surface area contributed by atoms with Crippen LogP contribution in [0.4, 0.5) is 5.69 Å². The van der Waals surface area contributed by atoms with Crippen molar-refractivity contribution >= 4 is 11.6 Å². The third-order valence-corrected chi connectivity index (χ3v) is 2.62. The Hall–Kier alpha value is -1.51. The van der Waals surface area contributed by atoms with Gasteiger partial charge in [-0.05, 0) is 30.5 Å². The van der Waals surface area contributed by atoms with Crippen LogP contribution in [0.5, 0.6) is 0 Å². The highest BCUT2D eigenvalue weighted by Crippen LogP contribution is 2.22. The monoisotopic (exact) mass is 204 g/mol. The molecule has 0 bridgehead atoms. The van der Waals surface area contributed by atoms with Crippen LogP contribution in [0.1, 0.15) is 29.3 Å². The van der Waals surface area contributed by atoms with Gasteiger partial charge in [-0.2, -0.15) is 0 Å². The lowest BCUT2D eigenvalue weighted by Gasteiger charge is -2.05. The number of carbonyl (C=O) groups is 1. The molecule has 0 radical (unpaired) electrons. The van der Waals surface area contributed by atoms with E-state index in [1.54, 1.807) is 0 Å². The lowest BCUT2D eigenvalue weighted by atomic mass is 10.1. The molecule has 0 atom stereocenters. The third-order valence-electron chi connectivity index (χ3n) is 2.62. The summed E-state index contributed by atoms with van der Waals surface area (Å²) in [5.41, 5.74) is 3.16. The van der Waals surface area contributed by atoms with Crippen molar-refractivity contribution in [2.24, 2.45) is 0 Å². The topological polar surface area (TPSA) is 41.1 Å². The van der Waals surface area contributed by atoms with Crippen LogP contribution in [-0.4, -0.2) is 19.0 Å². The van der Waals surface area contributed by atoms with Gasteiger partial charge in [-0.3, -0.25) is 4.79 Å². The first kappa shape index (κ1) is 10.0. The van der Waals surface area contributed by atoms with Gasteiger partial charge in [0.2, 0.25) is 0 Å². The van der Waals surface area contributed by atoms with Crippen LogP contribution < -0.4 is 10.6 Å². The second kappa shape index (κ2) is 4.34. The van der Waals surface area contributed by atoms with E-state index in [0.29, 0.717) is 0 Å². The number of hydrogen-bond donors (Lipinski definition) is 2. The zero-order chi connectivity index (χ0) is 10.7. The van der Waals surface area contributed by atoms with Gasteiger partial charge in [0.1, 0.15) is 0 Å². The highest BCUT2D eigenvalue weighted by Gasteiger charge is 2.12. The van der Waals surface area contributed by atoms with E-state index >= 15 is 0 Å². The fourth-order valence-electron chi connectivity index (χ4n) is 1.77. The van der Waals surface area contributed by atoms with Gasteiger partial charge >= 0.3 is 0 Å². The number of amides is 1. The minimum atomic E-state index is 0.0216. The van der Waals surface area contributed by atoms with Crippen LogP contribution in [0.15, 0.2) is 18.2 Å². The number of nitrogens with one attached hydrogen (secondary N) is 2. The molecule has 2 rings (SSSR count). The molecule has 1 aliphatic heterocycles. The molecular weight excluding hydrogens is 188 g/mol. The Morgan fingerprint density at radius 2 is 2.40 bits per heavy atom. The van der Waals surface area contributed by atoms with Crippen molar-refractivity contribution in [2.45, 2.75) is 19.8 Å². The maximum absolute atomic E-state index is 11.7. The number of anilines is 1. The summed E-state index contributed by atoms with van der Waals surface area (Å²) in [5.74, 6) is 0.0216. The van der Waals surface area contributed by atoms with E-state index in [9.17, 15) is 4.79 Å². The molecule has 0 saturated carbocycles. The SMILES string of the molecule is CCCNC(=O)c1ccc2c(c1)NCC2. The van der Waals surface area contributed by atoms with Crippen LogP contribution in [0, 0.1) is 0 Å². The minimum absolute atomic E-state index is 0.0216. The fraction of sp³-hybridized carbons (Fsp3) is 0.417. The molecule has 3 nitrogen and oxygen atoms in total. The van der Waals surface area contributed by atoms with Gasteiger partial charge in [-0.1, -0.05) is 13.0 Å². The van der Waals surface area contributed by atoms with E-state index in [0.717, 1.165) is 37.2 Å². The number of carbonyl (C=O) groups excluding carboxylic acids is 1. The molecule has 2 N–H and O–H groups in total. The van der Waals surface area contributed by atoms with E-state index in [4.69, 9.17) is 0 Å². The Balaban J connectivity index is 2.12. The van der Waals surface area contributed by atoms with Gasteiger partial charge in [-0.25, -0.2) is 0 Å². The quantitative estimate of drug-likeness (QED) is 0.788. The van der Waals surface area contributed by atoms with Crippen LogP contribution in [0.2, 0.25) is 0 Å². The van der Waals surface area contributed by atoms with Crippen molar-refractivity contribution in [3.63, 3.8) is 0 Å². The van der Waals surface area contributed by atoms with Crippen LogP contribution >= 0.6 is 0 Å². The Bertz CT molecular complexity index is 374. The molecule has 0 unspecified atom stereocenters. The molecule has 1 heterocycles. The summed E-state index contributed by atoms with van der Waals surface area (Å²) in [6, 6.07) is 5.88. The Kier molecular flexibility index (Phi) is 2.90. The van der Waals surface area contributed by atoms with E-state index in [1.807, 2.05) is 25.1 Å². The van der Waals surface area contributed by atoms with Crippen molar-refractivity contribution in [1.29, 1.82) is 0 Å². The normalized spacial score (nSPS) is 13.1. The molecule has 1 aliphatic rings. The standard InChI is InChI=1S/C12H16N2O/c1-2-6-14-12(15)10-4-3-9-5-7-13-11(9)8-10/h3-4,8,13H,2,5-7H2,1H3,(H,14,15). The van der Waals surface area contributed by atoms with Gasteiger partial charge in [0.25, 0.3) is 5.91 Å². The van der Waals surface area contributed by atoms with Gasteiger partial charge in [0.05, 0.1) is 0 Å². The van der Waals surface area contributed by atoms with E-state index in [2.05, 4.69) is 10.6 Å². The Morgan fingerprint density at radius 3 is 3.20 bits per heavy atom. The molecule has 1 aromatic rings. The molecule has 0 fully saturated rings. The number of hydrogen-bond acceptors (Lipinski definition) is 2. The average molecular weight is 204 g/mol. The molecule has 0 aliphatic carbocycles. The fourth-order valence-corrected chi connectivity index (χ4v) is 1.77. The van der Waals surface area contributed by atoms with E-state index in [-0.39, 0.29) is 5.91 Å². The first-order valence-electron chi connectivity index (χ1n) is 5.46. The zero-order valence-electron chi connectivity index (χ0n) is 8.97. The third kappa shape index (κ3) is 2.12.